The van der Waals surface area contributed by atoms with Gasteiger partial charge in [-0.3, -0.25) is 13.9 Å². The lowest BCUT2D eigenvalue weighted by Gasteiger charge is -2.42. The van der Waals surface area contributed by atoms with E-state index in [1.807, 2.05) is 39.8 Å². The van der Waals surface area contributed by atoms with Crippen LogP contribution in [0.5, 0.6) is 0 Å². The Bertz CT molecular complexity index is 1730. The van der Waals surface area contributed by atoms with E-state index in [0.29, 0.717) is 22.8 Å². The summed E-state index contributed by atoms with van der Waals surface area (Å²) >= 11 is 1.35. The number of halogens is 3. The lowest BCUT2D eigenvalue weighted by atomic mass is 9.74. The summed E-state index contributed by atoms with van der Waals surface area (Å²) in [6.45, 7) is 11.8. The number of fused-ring (bicyclic) bond motifs is 2. The lowest BCUT2D eigenvalue weighted by molar-refractivity contribution is -0.147. The number of benzene rings is 2. The minimum absolute atomic E-state index is 0.0263. The Labute approximate surface area is 259 Å². The maximum absolute atomic E-state index is 13.4. The van der Waals surface area contributed by atoms with Crippen LogP contribution in [0.25, 0.3) is 11.0 Å². The SMILES string of the molecule is CCn1nnc2c(C)c([C@H](c3nc(CN4C[C@@H](C)Cc5cc(C(F)(F)F)ccc5S4(O)O)c(C)s3)C(C)(C)C(=O)O)ccc21. The molecule has 3 heterocycles. The van der Waals surface area contributed by atoms with Gasteiger partial charge in [0.1, 0.15) is 10.5 Å². The van der Waals surface area contributed by atoms with E-state index in [2.05, 4.69) is 10.3 Å². The van der Waals surface area contributed by atoms with E-state index in [1.54, 1.807) is 18.5 Å². The molecule has 5 rings (SSSR count). The average Bonchev–Trinajstić information content (AvgIpc) is 3.49. The van der Waals surface area contributed by atoms with Crippen LogP contribution in [0.15, 0.2) is 35.2 Å². The molecular weight excluding hydrogens is 615 g/mol. The molecule has 0 bridgehead atoms. The van der Waals surface area contributed by atoms with Crippen molar-refractivity contribution in [3.63, 3.8) is 0 Å². The molecule has 0 saturated heterocycles. The third kappa shape index (κ3) is 5.62. The van der Waals surface area contributed by atoms with E-state index in [-0.39, 0.29) is 35.9 Å². The zero-order valence-electron chi connectivity index (χ0n) is 25.3. The minimum Gasteiger partial charge on any atom is -0.481 e. The minimum atomic E-state index is -4.54. The fraction of sp³-hybridized carbons (Fsp3) is 0.467. The molecule has 9 nitrogen and oxygen atoms in total. The zero-order valence-corrected chi connectivity index (χ0v) is 26.9. The Balaban J connectivity index is 1.56. The number of hydrogen-bond donors (Lipinski definition) is 3. The lowest BCUT2D eigenvalue weighted by Crippen LogP contribution is -2.33. The highest BCUT2D eigenvalue weighted by atomic mass is 32.3. The second-order valence-corrected chi connectivity index (χ2v) is 15.3. The van der Waals surface area contributed by atoms with Gasteiger partial charge in [-0.05, 0) is 87.9 Å². The molecule has 2 aromatic carbocycles. The van der Waals surface area contributed by atoms with Gasteiger partial charge in [0.25, 0.3) is 0 Å². The molecule has 0 spiro atoms. The summed E-state index contributed by atoms with van der Waals surface area (Å²) in [4.78, 5) is 18.4. The van der Waals surface area contributed by atoms with E-state index in [4.69, 9.17) is 4.98 Å². The second-order valence-electron chi connectivity index (χ2n) is 12.0. The van der Waals surface area contributed by atoms with Crippen molar-refractivity contribution in [2.24, 2.45) is 11.3 Å². The molecule has 0 aliphatic carbocycles. The first-order valence-electron chi connectivity index (χ1n) is 14.2. The molecule has 1 aliphatic heterocycles. The van der Waals surface area contributed by atoms with Gasteiger partial charge < -0.3 is 5.11 Å². The Morgan fingerprint density at radius 3 is 2.52 bits per heavy atom. The first-order valence-corrected chi connectivity index (χ1v) is 16.5. The number of aliphatic carboxylic acids is 1. The molecule has 0 radical (unpaired) electrons. The molecule has 238 valence electrons. The van der Waals surface area contributed by atoms with Gasteiger partial charge in [0.15, 0.2) is 0 Å². The maximum Gasteiger partial charge on any atom is 0.416 e. The summed E-state index contributed by atoms with van der Waals surface area (Å²) in [5.41, 5.74) is 1.81. The highest BCUT2D eigenvalue weighted by Gasteiger charge is 2.43. The van der Waals surface area contributed by atoms with Crippen LogP contribution in [-0.4, -0.2) is 51.0 Å². The number of rotatable bonds is 7. The number of carbonyl (C=O) groups is 1. The van der Waals surface area contributed by atoms with Crippen LogP contribution < -0.4 is 0 Å². The fourth-order valence-corrected chi connectivity index (χ4v) is 8.96. The summed E-state index contributed by atoms with van der Waals surface area (Å²) < 4.78 is 66.4. The number of thiazole rings is 1. The van der Waals surface area contributed by atoms with E-state index in [0.717, 1.165) is 39.7 Å². The standard InChI is InChI=1S/C30H36F3N5O4S2/c1-7-38-23-10-9-21(17(3)26(23)35-36-38)25(29(5,6)28(39)40)27-34-22(18(4)43-27)15-37-14-16(2)12-19-13-20(30(31,32)33)8-11-24(19)44(37,41)42/h8-11,13,16,25,41-42H,7,12,14-15H2,1-6H3,(H,39,40)/t16-,25+/m0/s1. The molecule has 0 unspecified atom stereocenters. The van der Waals surface area contributed by atoms with Gasteiger partial charge in [-0.25, -0.2) is 9.67 Å². The number of aromatic nitrogens is 4. The highest BCUT2D eigenvalue weighted by molar-refractivity contribution is 8.22. The van der Waals surface area contributed by atoms with Gasteiger partial charge in [-0.15, -0.1) is 27.2 Å². The van der Waals surface area contributed by atoms with E-state index >= 15 is 0 Å². The summed E-state index contributed by atoms with van der Waals surface area (Å²) in [6.07, 6.45) is -4.29. The smallest absolute Gasteiger partial charge is 0.416 e. The van der Waals surface area contributed by atoms with E-state index in [9.17, 15) is 32.2 Å². The van der Waals surface area contributed by atoms with Gasteiger partial charge in [0.2, 0.25) is 0 Å². The summed E-state index contributed by atoms with van der Waals surface area (Å²) in [5, 5.41) is 19.4. The van der Waals surface area contributed by atoms with Crippen LogP contribution in [0, 0.1) is 25.2 Å². The van der Waals surface area contributed by atoms with Gasteiger partial charge in [-0.1, -0.05) is 18.2 Å². The molecule has 2 aromatic heterocycles. The van der Waals surface area contributed by atoms with Crippen LogP contribution in [0.4, 0.5) is 13.2 Å². The van der Waals surface area contributed by atoms with Crippen molar-refractivity contribution in [2.45, 2.75) is 78.0 Å². The maximum atomic E-state index is 13.4. The summed E-state index contributed by atoms with van der Waals surface area (Å²) in [6, 6.07) is 6.84. The summed E-state index contributed by atoms with van der Waals surface area (Å²) in [5.74, 6) is -1.83. The van der Waals surface area contributed by atoms with Gasteiger partial charge >= 0.3 is 12.1 Å². The van der Waals surface area contributed by atoms with Crippen LogP contribution in [0.3, 0.4) is 0 Å². The Morgan fingerprint density at radius 1 is 1.18 bits per heavy atom. The van der Waals surface area contributed by atoms with Crippen molar-refractivity contribution >= 4 is 39.1 Å². The van der Waals surface area contributed by atoms with Crippen LogP contribution in [0.2, 0.25) is 0 Å². The first kappa shape index (κ1) is 32.4. The van der Waals surface area contributed by atoms with Crippen LogP contribution in [0.1, 0.15) is 71.4 Å². The predicted octanol–water partition coefficient (Wildman–Crippen LogP) is 7.50. The Kier molecular flexibility index (Phi) is 8.38. The number of carboxylic acid groups (broad SMARTS) is 1. The molecule has 4 aromatic rings. The average molecular weight is 652 g/mol. The number of aryl methyl sites for hydroxylation is 3. The molecule has 44 heavy (non-hydrogen) atoms. The van der Waals surface area contributed by atoms with Crippen molar-refractivity contribution in [3.05, 3.63) is 68.2 Å². The van der Waals surface area contributed by atoms with E-state index < -0.39 is 39.8 Å². The van der Waals surface area contributed by atoms with Crippen LogP contribution in [-0.2, 0) is 30.5 Å². The molecular formula is C30H36F3N5O4S2. The molecule has 0 saturated carbocycles. The molecule has 3 N–H and O–H groups in total. The van der Waals surface area contributed by atoms with Gasteiger partial charge in [0, 0.05) is 18.0 Å². The number of carboxylic acids is 1. The monoisotopic (exact) mass is 651 g/mol. The summed E-state index contributed by atoms with van der Waals surface area (Å²) in [7, 11) is -3.65. The Hall–Kier alpha value is -3.04. The van der Waals surface area contributed by atoms with Crippen molar-refractivity contribution in [3.8, 4) is 0 Å². The number of nitrogens with zero attached hydrogens (tertiary/aromatic N) is 5. The fourth-order valence-electron chi connectivity index (χ4n) is 5.94. The normalized spacial score (nSPS) is 19.0. The third-order valence-corrected chi connectivity index (χ3v) is 11.5. The topological polar surface area (TPSA) is 125 Å². The number of alkyl halides is 3. The van der Waals surface area contributed by atoms with Crippen molar-refractivity contribution in [1.29, 1.82) is 0 Å². The quantitative estimate of drug-likeness (QED) is 0.188. The molecule has 0 amide bonds. The predicted molar refractivity (Wildman–Crippen MR) is 164 cm³/mol. The van der Waals surface area contributed by atoms with Crippen molar-refractivity contribution in [1.82, 2.24) is 24.3 Å². The molecule has 2 atom stereocenters. The molecule has 0 fully saturated rings. The number of hydrogen-bond acceptors (Lipinski definition) is 8. The Morgan fingerprint density at radius 2 is 1.89 bits per heavy atom. The van der Waals surface area contributed by atoms with Crippen LogP contribution >= 0.6 is 22.1 Å². The molecule has 14 heteroatoms. The molecule has 1 aliphatic rings. The zero-order chi connectivity index (χ0) is 32.4. The van der Waals surface area contributed by atoms with E-state index in [1.165, 1.54) is 15.6 Å². The second kappa shape index (κ2) is 11.4. The van der Waals surface area contributed by atoms with Crippen molar-refractivity contribution in [2.75, 3.05) is 6.54 Å². The largest absolute Gasteiger partial charge is 0.481 e. The van der Waals surface area contributed by atoms with Gasteiger partial charge in [-0.2, -0.15) is 17.5 Å². The highest BCUT2D eigenvalue weighted by Crippen LogP contribution is 2.57. The third-order valence-electron chi connectivity index (χ3n) is 8.47. The first-order chi connectivity index (χ1) is 20.5. The van der Waals surface area contributed by atoms with Crippen molar-refractivity contribution < 1.29 is 32.2 Å². The van der Waals surface area contributed by atoms with Gasteiger partial charge in [0.05, 0.1) is 39.5 Å².